The molecule has 3 aromatic heterocycles. The van der Waals surface area contributed by atoms with E-state index in [0.717, 1.165) is 77.1 Å². The van der Waals surface area contributed by atoms with Gasteiger partial charge in [-0.05, 0) is 143 Å². The predicted octanol–water partition coefficient (Wildman–Crippen LogP) is 14.3. The number of anilines is 1. The molecule has 19 heteroatoms. The van der Waals surface area contributed by atoms with E-state index in [0.29, 0.717) is 67.3 Å². The van der Waals surface area contributed by atoms with Gasteiger partial charge >= 0.3 is 0 Å². The van der Waals surface area contributed by atoms with Gasteiger partial charge in [0.25, 0.3) is 0 Å². The van der Waals surface area contributed by atoms with Crippen molar-refractivity contribution in [1.29, 1.82) is 15.8 Å². The third-order valence-corrected chi connectivity index (χ3v) is 15.5. The van der Waals surface area contributed by atoms with Crippen molar-refractivity contribution in [2.24, 2.45) is 4.99 Å². The zero-order valence-electron chi connectivity index (χ0n) is 50.4. The third kappa shape index (κ3) is 17.1. The Morgan fingerprint density at radius 1 is 0.618 bits per heavy atom. The molecular weight excluding hydrogens is 1170 g/mol. The first-order chi connectivity index (χ1) is 43.5. The number of nitrogens with one attached hydrogen (secondary N) is 2. The average Bonchev–Trinajstić information content (AvgIpc) is 4.48. The second-order valence-electron chi connectivity index (χ2n) is 20.3. The highest BCUT2D eigenvalue weighted by molar-refractivity contribution is 6.37. The molecule has 1 atom stereocenters. The van der Waals surface area contributed by atoms with E-state index in [1.807, 2.05) is 85.3 Å². The average molecular weight is 1230 g/mol. The number of guanidine groups is 1. The van der Waals surface area contributed by atoms with Gasteiger partial charge in [0, 0.05) is 74.0 Å². The maximum atomic E-state index is 9.71. The maximum Gasteiger partial charge on any atom is 0.208 e. The Hall–Kier alpha value is -10.3. The fraction of sp³-hybridized carbons (Fsp3) is 0.243. The number of halogens is 2. The smallest absolute Gasteiger partial charge is 0.208 e. The van der Waals surface area contributed by atoms with Gasteiger partial charge in [0.05, 0.1) is 82.3 Å². The molecule has 0 radical (unpaired) electrons. The number of hydrogen-bond acceptors (Lipinski definition) is 15. The predicted molar refractivity (Wildman–Crippen MR) is 346 cm³/mol. The SMILES string of the molecule is CN=C(NC#N)Nc1cccc([C@@H](Cc2ccncc2)c2ccc(OC)c(OC3CCCC3)c2)c1.COc1ccc(C(=CC#N)c2ccc(OC)c(OC)c2)cc1OC.COc1cnc(/C(C#N)=C/c2c(Cl)cncc2Cl)cc1OC1Cc2ccccc2C1. The van der Waals surface area contributed by atoms with E-state index in [9.17, 15) is 10.5 Å². The van der Waals surface area contributed by atoms with Gasteiger partial charge in [0.2, 0.25) is 5.96 Å². The first kappa shape index (κ1) is 64.7. The summed E-state index contributed by atoms with van der Waals surface area (Å²) >= 11 is 12.4. The lowest BCUT2D eigenvalue weighted by atomic mass is 9.85. The summed E-state index contributed by atoms with van der Waals surface area (Å²) in [5.74, 6) is 5.51. The zero-order valence-corrected chi connectivity index (χ0v) is 51.9. The molecule has 0 spiro atoms. The number of benzene rings is 5. The Balaban J connectivity index is 0.000000176. The molecule has 1 saturated carbocycles. The minimum absolute atomic E-state index is 0.00912. The summed E-state index contributed by atoms with van der Waals surface area (Å²) in [5, 5.41) is 34.3. The van der Waals surface area contributed by atoms with Gasteiger partial charge in [-0.15, -0.1) is 0 Å². The topological polar surface area (TPSA) is 220 Å². The minimum atomic E-state index is -0.00912. The van der Waals surface area contributed by atoms with Gasteiger partial charge in [-0.1, -0.05) is 77.8 Å². The first-order valence-corrected chi connectivity index (χ1v) is 29.2. The monoisotopic (exact) mass is 1230 g/mol. The minimum Gasteiger partial charge on any atom is -0.493 e. The van der Waals surface area contributed by atoms with Gasteiger partial charge in [-0.2, -0.15) is 15.8 Å². The number of fused-ring (bicyclic) bond motifs is 1. The molecule has 0 bridgehead atoms. The Morgan fingerprint density at radius 3 is 1.76 bits per heavy atom. The van der Waals surface area contributed by atoms with E-state index in [4.69, 9.17) is 66.4 Å². The van der Waals surface area contributed by atoms with Crippen LogP contribution < -0.4 is 48.5 Å². The molecule has 0 amide bonds. The van der Waals surface area contributed by atoms with Crippen molar-refractivity contribution in [3.8, 4) is 64.3 Å². The summed E-state index contributed by atoms with van der Waals surface area (Å²) in [6.07, 6.45) is 20.4. The number of aromatic nitrogens is 3. The van der Waals surface area contributed by atoms with E-state index in [2.05, 4.69) is 79.1 Å². The van der Waals surface area contributed by atoms with Crippen molar-refractivity contribution >= 4 is 52.1 Å². The summed E-state index contributed by atoms with van der Waals surface area (Å²) in [5.41, 5.74) is 10.6. The van der Waals surface area contributed by atoms with Crippen molar-refractivity contribution in [1.82, 2.24) is 20.3 Å². The van der Waals surface area contributed by atoms with Crippen LogP contribution in [0.4, 0.5) is 5.69 Å². The second-order valence-corrected chi connectivity index (χ2v) is 21.1. The second kappa shape index (κ2) is 32.5. The van der Waals surface area contributed by atoms with Crippen LogP contribution in [0.15, 0.2) is 163 Å². The lowest BCUT2D eigenvalue weighted by molar-refractivity contribution is 0.200. The Morgan fingerprint density at radius 2 is 1.19 bits per heavy atom. The molecule has 8 aromatic rings. The van der Waals surface area contributed by atoms with Crippen molar-refractivity contribution in [3.05, 3.63) is 219 Å². The fourth-order valence-corrected chi connectivity index (χ4v) is 10.9. The molecule has 1 fully saturated rings. The molecule has 2 aliphatic rings. The van der Waals surface area contributed by atoms with Crippen LogP contribution in [0.5, 0.6) is 46.0 Å². The number of hydrogen-bond donors (Lipinski definition) is 2. The van der Waals surface area contributed by atoms with Crippen LogP contribution in [0, 0.1) is 34.1 Å². The Kier molecular flexibility index (Phi) is 23.6. The summed E-state index contributed by atoms with van der Waals surface area (Å²) < 4.78 is 44.9. The van der Waals surface area contributed by atoms with Crippen LogP contribution in [0.25, 0.3) is 17.2 Å². The number of pyridine rings is 3. The number of rotatable bonds is 19. The molecule has 2 N–H and O–H groups in total. The number of methoxy groups -OCH3 is 6. The van der Waals surface area contributed by atoms with Crippen molar-refractivity contribution in [3.63, 3.8) is 0 Å². The summed E-state index contributed by atoms with van der Waals surface area (Å²) in [6, 6.07) is 43.8. The molecule has 0 unspecified atom stereocenters. The summed E-state index contributed by atoms with van der Waals surface area (Å²) in [7, 11) is 11.2. The van der Waals surface area contributed by atoms with Crippen LogP contribution in [0.3, 0.4) is 0 Å². The Bertz CT molecular complexity index is 3850. The number of aliphatic imine (C=N–C) groups is 1. The lowest BCUT2D eigenvalue weighted by Gasteiger charge is -2.22. The number of nitrogens with zero attached hydrogens (tertiary/aromatic N) is 7. The Labute approximate surface area is 529 Å². The number of nitriles is 3. The van der Waals surface area contributed by atoms with Gasteiger partial charge in [-0.3, -0.25) is 25.3 Å². The van der Waals surface area contributed by atoms with Gasteiger partial charge in [-0.25, -0.2) is 0 Å². The molecule has 89 heavy (non-hydrogen) atoms. The summed E-state index contributed by atoms with van der Waals surface area (Å²) in [6.45, 7) is 0. The molecule has 0 aliphatic heterocycles. The quantitative estimate of drug-likeness (QED) is 0.0253. The first-order valence-electron chi connectivity index (χ1n) is 28.4. The van der Waals surface area contributed by atoms with Crippen LogP contribution in [-0.2, 0) is 19.3 Å². The normalized spacial score (nSPS) is 13.0. The van der Waals surface area contributed by atoms with E-state index < -0.39 is 0 Å². The van der Waals surface area contributed by atoms with Crippen molar-refractivity contribution in [2.75, 3.05) is 55.0 Å². The highest BCUT2D eigenvalue weighted by atomic mass is 35.5. The van der Waals surface area contributed by atoms with Crippen molar-refractivity contribution < 1.29 is 37.9 Å². The molecular formula is C70H67Cl2N9O8. The lowest BCUT2D eigenvalue weighted by Crippen LogP contribution is -2.26. The van der Waals surface area contributed by atoms with Crippen LogP contribution in [0.2, 0.25) is 10.0 Å². The number of ether oxygens (including phenoxy) is 8. The summed E-state index contributed by atoms with van der Waals surface area (Å²) in [4.78, 5) is 16.5. The number of allylic oxidation sites excluding steroid dienone is 2. The standard InChI is InChI=1S/C28H31N5O2.C23H17Cl2N3O2.C19H19NO4/c1-30-28(32-19-29)33-23-7-5-6-21(17-23)25(16-20-12-14-31-15-13-20)22-10-11-26(34-2)27(18-22)35-24-8-3-4-9-24;1-29-23-13-28-21(16(10-26)8-18-19(24)11-27-12-20(18)25)9-22(23)30-17-6-14-4-2-3-5-15(14)7-17;1-21-16-7-5-13(11-18(16)23-3)15(9-10-20)14-6-8-17(22-2)19(12-14)24-4/h5-7,10-15,17-18,24-25H,3-4,8-9,16H2,1-2H3,(H2,30,32,33);2-5,8-9,11-13,17H,6-7H2,1H3;5-9,11-12H,1-4H3/b;16-8+;/t25-;;/m1../s1. The highest BCUT2D eigenvalue weighted by Crippen LogP contribution is 2.40. The third-order valence-electron chi connectivity index (χ3n) is 14.9. The zero-order chi connectivity index (χ0) is 63.1. The largest absolute Gasteiger partial charge is 0.493 e. The van der Waals surface area contributed by atoms with Crippen LogP contribution >= 0.6 is 23.2 Å². The maximum absolute atomic E-state index is 9.71. The van der Waals surface area contributed by atoms with E-state index in [-0.39, 0.29) is 18.1 Å². The molecule has 454 valence electrons. The molecule has 3 heterocycles. The van der Waals surface area contributed by atoms with Gasteiger partial charge in [0.1, 0.15) is 12.2 Å². The fourth-order valence-electron chi connectivity index (χ4n) is 10.4. The van der Waals surface area contributed by atoms with Crippen LogP contribution in [-0.4, -0.2) is 82.8 Å². The highest BCUT2D eigenvalue weighted by Gasteiger charge is 2.26. The van der Waals surface area contributed by atoms with E-state index >= 15 is 0 Å². The van der Waals surface area contributed by atoms with Crippen LogP contribution in [0.1, 0.15) is 81.8 Å². The molecule has 2 aliphatic carbocycles. The van der Waals surface area contributed by atoms with Gasteiger partial charge < -0.3 is 43.2 Å². The molecule has 17 nitrogen and oxygen atoms in total. The molecule has 5 aromatic carbocycles. The van der Waals surface area contributed by atoms with E-state index in [1.165, 1.54) is 48.0 Å². The van der Waals surface area contributed by atoms with Gasteiger partial charge in [0.15, 0.2) is 52.2 Å². The van der Waals surface area contributed by atoms with Crippen molar-refractivity contribution in [2.45, 2.75) is 63.1 Å². The molecule has 10 rings (SSSR count). The van der Waals surface area contributed by atoms with E-state index in [1.54, 1.807) is 80.2 Å². The molecule has 0 saturated heterocycles.